The number of phenols is 1. The molecule has 1 heteroatoms. The lowest BCUT2D eigenvalue weighted by molar-refractivity contribution is 0.475. The third kappa shape index (κ3) is 2.36. The van der Waals surface area contributed by atoms with Crippen molar-refractivity contribution >= 4 is 0 Å². The summed E-state index contributed by atoms with van der Waals surface area (Å²) in [5.74, 6) is 0.292. The number of hydrogen-bond donors (Lipinski definition) is 1. The van der Waals surface area contributed by atoms with Gasteiger partial charge in [-0.05, 0) is 34.4 Å². The maximum atomic E-state index is 9.64. The van der Waals surface area contributed by atoms with Crippen molar-refractivity contribution in [3.63, 3.8) is 0 Å². The van der Waals surface area contributed by atoms with Crippen molar-refractivity contribution in [1.82, 2.24) is 0 Å². The van der Waals surface area contributed by atoms with Crippen LogP contribution in [0.15, 0.2) is 78.9 Å². The van der Waals surface area contributed by atoms with E-state index in [1.165, 1.54) is 11.1 Å². The molecule has 0 spiro atoms. The predicted octanol–water partition coefficient (Wildman–Crippen LogP) is 4.73. The highest BCUT2D eigenvalue weighted by Crippen LogP contribution is 2.32. The van der Waals surface area contributed by atoms with Crippen LogP contribution in [0.2, 0.25) is 0 Å². The van der Waals surface area contributed by atoms with Gasteiger partial charge in [0.25, 0.3) is 0 Å². The molecule has 0 atom stereocenters. The van der Waals surface area contributed by atoms with Crippen LogP contribution in [0.1, 0.15) is 0 Å². The summed E-state index contributed by atoms with van der Waals surface area (Å²) in [5.41, 5.74) is 4.51. The van der Waals surface area contributed by atoms with Crippen LogP contribution in [0.5, 0.6) is 5.75 Å². The molecule has 0 fully saturated rings. The van der Waals surface area contributed by atoms with Crippen molar-refractivity contribution in [3.05, 3.63) is 78.9 Å². The van der Waals surface area contributed by atoms with E-state index in [4.69, 9.17) is 0 Å². The molecule has 0 aliphatic carbocycles. The Balaban J connectivity index is 2.18. The van der Waals surface area contributed by atoms with E-state index in [0.29, 0.717) is 5.75 Å². The minimum absolute atomic E-state index is 0.292. The Morgan fingerprint density at radius 1 is 0.526 bits per heavy atom. The van der Waals surface area contributed by atoms with Gasteiger partial charge in [-0.3, -0.25) is 0 Å². The van der Waals surface area contributed by atoms with Crippen LogP contribution in [0.4, 0.5) is 0 Å². The zero-order valence-electron chi connectivity index (χ0n) is 10.5. The first-order valence-electron chi connectivity index (χ1n) is 6.28. The Hall–Kier alpha value is -2.54. The molecule has 92 valence electrons. The average molecular weight is 246 g/mol. The molecule has 0 heterocycles. The SMILES string of the molecule is Oc1cccc(-c2ccccc2-c2ccccc2)c1. The molecule has 1 nitrogen and oxygen atoms in total. The summed E-state index contributed by atoms with van der Waals surface area (Å²) in [6, 6.07) is 25.9. The highest BCUT2D eigenvalue weighted by molar-refractivity contribution is 5.83. The summed E-state index contributed by atoms with van der Waals surface area (Å²) in [5, 5.41) is 9.64. The van der Waals surface area contributed by atoms with Crippen LogP contribution in [0, 0.1) is 0 Å². The summed E-state index contributed by atoms with van der Waals surface area (Å²) >= 11 is 0. The standard InChI is InChI=1S/C18H14O/c19-16-10-6-9-15(13-16)18-12-5-4-11-17(18)14-7-2-1-3-8-14/h1-13,19H. The molecule has 1 N–H and O–H groups in total. The van der Waals surface area contributed by atoms with Gasteiger partial charge >= 0.3 is 0 Å². The summed E-state index contributed by atoms with van der Waals surface area (Å²) < 4.78 is 0. The summed E-state index contributed by atoms with van der Waals surface area (Å²) in [6.07, 6.45) is 0. The average Bonchev–Trinajstić information content (AvgIpc) is 2.48. The maximum absolute atomic E-state index is 9.64. The van der Waals surface area contributed by atoms with Crippen LogP contribution in [0.25, 0.3) is 22.3 Å². The number of benzene rings is 3. The summed E-state index contributed by atoms with van der Waals surface area (Å²) in [7, 11) is 0. The first kappa shape index (κ1) is 11.5. The molecule has 0 radical (unpaired) electrons. The minimum Gasteiger partial charge on any atom is -0.508 e. The van der Waals surface area contributed by atoms with Gasteiger partial charge in [-0.15, -0.1) is 0 Å². The molecular weight excluding hydrogens is 232 g/mol. The molecule has 19 heavy (non-hydrogen) atoms. The molecule has 0 bridgehead atoms. The number of rotatable bonds is 2. The molecule has 0 saturated heterocycles. The van der Waals surface area contributed by atoms with Gasteiger partial charge in [0.2, 0.25) is 0 Å². The van der Waals surface area contributed by atoms with Crippen LogP contribution in [-0.4, -0.2) is 5.11 Å². The van der Waals surface area contributed by atoms with Gasteiger partial charge in [-0.2, -0.15) is 0 Å². The number of phenolic OH excluding ortho intramolecular Hbond substituents is 1. The van der Waals surface area contributed by atoms with E-state index in [2.05, 4.69) is 24.3 Å². The van der Waals surface area contributed by atoms with E-state index in [9.17, 15) is 5.11 Å². The van der Waals surface area contributed by atoms with Gasteiger partial charge in [0.15, 0.2) is 0 Å². The van der Waals surface area contributed by atoms with E-state index in [0.717, 1.165) is 11.1 Å². The Morgan fingerprint density at radius 3 is 1.79 bits per heavy atom. The Bertz CT molecular complexity index is 687. The zero-order valence-corrected chi connectivity index (χ0v) is 10.5. The van der Waals surface area contributed by atoms with Crippen molar-refractivity contribution in [2.75, 3.05) is 0 Å². The van der Waals surface area contributed by atoms with E-state index in [1.54, 1.807) is 12.1 Å². The third-order valence-electron chi connectivity index (χ3n) is 3.17. The minimum atomic E-state index is 0.292. The third-order valence-corrected chi connectivity index (χ3v) is 3.17. The fourth-order valence-corrected chi connectivity index (χ4v) is 2.28. The molecule has 3 aromatic carbocycles. The van der Waals surface area contributed by atoms with Gasteiger partial charge in [0, 0.05) is 0 Å². The molecule has 0 saturated carbocycles. The monoisotopic (exact) mass is 246 g/mol. The second kappa shape index (κ2) is 4.99. The summed E-state index contributed by atoms with van der Waals surface area (Å²) in [6.45, 7) is 0. The second-order valence-electron chi connectivity index (χ2n) is 4.46. The topological polar surface area (TPSA) is 20.2 Å². The Kier molecular flexibility index (Phi) is 3.03. The maximum Gasteiger partial charge on any atom is 0.116 e. The highest BCUT2D eigenvalue weighted by atomic mass is 16.3. The molecule has 0 unspecified atom stereocenters. The number of hydrogen-bond acceptors (Lipinski definition) is 1. The fourth-order valence-electron chi connectivity index (χ4n) is 2.28. The van der Waals surface area contributed by atoms with Gasteiger partial charge in [0.05, 0.1) is 0 Å². The molecule has 3 rings (SSSR count). The second-order valence-corrected chi connectivity index (χ2v) is 4.46. The van der Waals surface area contributed by atoms with Crippen molar-refractivity contribution in [2.45, 2.75) is 0 Å². The predicted molar refractivity (Wildman–Crippen MR) is 79.0 cm³/mol. The lowest BCUT2D eigenvalue weighted by Gasteiger charge is -2.10. The molecule has 0 amide bonds. The molecule has 3 aromatic rings. The normalized spacial score (nSPS) is 10.3. The van der Waals surface area contributed by atoms with E-state index in [-0.39, 0.29) is 0 Å². The van der Waals surface area contributed by atoms with Gasteiger partial charge in [-0.25, -0.2) is 0 Å². The van der Waals surface area contributed by atoms with Gasteiger partial charge < -0.3 is 5.11 Å². The molecule has 0 aromatic heterocycles. The molecular formula is C18H14O. The quantitative estimate of drug-likeness (QED) is 0.693. The van der Waals surface area contributed by atoms with Crippen molar-refractivity contribution in [1.29, 1.82) is 0 Å². The van der Waals surface area contributed by atoms with Crippen LogP contribution >= 0.6 is 0 Å². The molecule has 0 aliphatic heterocycles. The van der Waals surface area contributed by atoms with Crippen LogP contribution in [-0.2, 0) is 0 Å². The van der Waals surface area contributed by atoms with E-state index in [1.807, 2.05) is 42.5 Å². The van der Waals surface area contributed by atoms with Crippen molar-refractivity contribution in [3.8, 4) is 28.0 Å². The fraction of sp³-hybridized carbons (Fsp3) is 0. The largest absolute Gasteiger partial charge is 0.508 e. The lowest BCUT2D eigenvalue weighted by Crippen LogP contribution is -1.84. The van der Waals surface area contributed by atoms with Gasteiger partial charge in [-0.1, -0.05) is 66.7 Å². The van der Waals surface area contributed by atoms with Crippen LogP contribution in [0.3, 0.4) is 0 Å². The Labute approximate surface area is 112 Å². The smallest absolute Gasteiger partial charge is 0.116 e. The summed E-state index contributed by atoms with van der Waals surface area (Å²) in [4.78, 5) is 0. The van der Waals surface area contributed by atoms with Crippen molar-refractivity contribution in [2.24, 2.45) is 0 Å². The van der Waals surface area contributed by atoms with Crippen LogP contribution < -0.4 is 0 Å². The van der Waals surface area contributed by atoms with Crippen molar-refractivity contribution < 1.29 is 5.11 Å². The number of aromatic hydroxyl groups is 1. The Morgan fingerprint density at radius 2 is 1.11 bits per heavy atom. The first-order chi connectivity index (χ1) is 9.34. The first-order valence-corrected chi connectivity index (χ1v) is 6.28. The van der Waals surface area contributed by atoms with E-state index >= 15 is 0 Å². The lowest BCUT2D eigenvalue weighted by atomic mass is 9.95. The van der Waals surface area contributed by atoms with E-state index < -0.39 is 0 Å². The highest BCUT2D eigenvalue weighted by Gasteiger charge is 2.06. The van der Waals surface area contributed by atoms with Gasteiger partial charge in [0.1, 0.15) is 5.75 Å². The molecule has 0 aliphatic rings. The zero-order chi connectivity index (χ0) is 13.1.